The molecule has 7 heteroatoms. The molecule has 3 atom stereocenters. The van der Waals surface area contributed by atoms with Gasteiger partial charge in [-0.15, -0.1) is 0 Å². The molecule has 0 spiro atoms. The number of carbonyl (C=O) groups excluding carboxylic acids is 2. The van der Waals surface area contributed by atoms with E-state index in [4.69, 9.17) is 9.15 Å². The van der Waals surface area contributed by atoms with Crippen LogP contribution in [-0.4, -0.2) is 73.1 Å². The summed E-state index contributed by atoms with van der Waals surface area (Å²) in [5.74, 6) is 1.44. The molecule has 3 fully saturated rings. The minimum atomic E-state index is -0.0719. The normalized spacial score (nSPS) is 27.9. The van der Waals surface area contributed by atoms with Crippen LogP contribution in [0.2, 0.25) is 0 Å². The minimum absolute atomic E-state index is 0.0325. The van der Waals surface area contributed by atoms with Gasteiger partial charge in [-0.3, -0.25) is 9.59 Å². The summed E-state index contributed by atoms with van der Waals surface area (Å²) in [6.07, 6.45) is 3.79. The van der Waals surface area contributed by atoms with Crippen LogP contribution in [0, 0.1) is 12.8 Å². The average molecular weight is 375 g/mol. The van der Waals surface area contributed by atoms with Crippen LogP contribution < -0.4 is 5.32 Å². The van der Waals surface area contributed by atoms with Crippen molar-refractivity contribution in [3.63, 3.8) is 0 Å². The first-order valence-corrected chi connectivity index (χ1v) is 10.1. The van der Waals surface area contributed by atoms with Crippen LogP contribution >= 0.6 is 0 Å². The molecule has 0 unspecified atom stereocenters. The van der Waals surface area contributed by atoms with E-state index in [1.807, 2.05) is 6.92 Å². The molecule has 4 heterocycles. The van der Waals surface area contributed by atoms with Crippen molar-refractivity contribution in [2.75, 3.05) is 39.3 Å². The van der Waals surface area contributed by atoms with Gasteiger partial charge in [0.2, 0.25) is 5.91 Å². The first-order valence-electron chi connectivity index (χ1n) is 10.1. The fourth-order valence-electron chi connectivity index (χ4n) is 4.50. The molecule has 1 aromatic heterocycles. The van der Waals surface area contributed by atoms with Gasteiger partial charge < -0.3 is 24.3 Å². The Bertz CT molecular complexity index is 669. The van der Waals surface area contributed by atoms with Crippen molar-refractivity contribution in [3.05, 3.63) is 23.7 Å². The monoisotopic (exact) mass is 375 g/mol. The van der Waals surface area contributed by atoms with Gasteiger partial charge in [-0.25, -0.2) is 0 Å². The van der Waals surface area contributed by atoms with E-state index in [2.05, 4.69) is 10.2 Å². The molecule has 3 saturated heterocycles. The van der Waals surface area contributed by atoms with E-state index in [0.29, 0.717) is 37.7 Å². The van der Waals surface area contributed by atoms with Gasteiger partial charge >= 0.3 is 0 Å². The van der Waals surface area contributed by atoms with E-state index in [-0.39, 0.29) is 24.0 Å². The number of hydrogen-bond donors (Lipinski definition) is 1. The second-order valence-corrected chi connectivity index (χ2v) is 8.02. The van der Waals surface area contributed by atoms with Crippen LogP contribution in [0.15, 0.2) is 16.5 Å². The molecule has 3 aliphatic rings. The summed E-state index contributed by atoms with van der Waals surface area (Å²) in [5.41, 5.74) is 0. The van der Waals surface area contributed by atoms with E-state index in [1.165, 1.54) is 12.8 Å². The largest absolute Gasteiger partial charge is 0.456 e. The van der Waals surface area contributed by atoms with Gasteiger partial charge in [0.1, 0.15) is 5.76 Å². The summed E-state index contributed by atoms with van der Waals surface area (Å²) >= 11 is 0. The van der Waals surface area contributed by atoms with E-state index in [1.54, 1.807) is 17.0 Å². The zero-order chi connectivity index (χ0) is 18.8. The number of aryl methyl sites for hydroxylation is 1. The van der Waals surface area contributed by atoms with Crippen LogP contribution in [0.4, 0.5) is 0 Å². The number of hydrogen-bond acceptors (Lipinski definition) is 5. The maximum absolute atomic E-state index is 12.5. The lowest BCUT2D eigenvalue weighted by molar-refractivity contribution is -0.123. The molecule has 0 aromatic carbocycles. The van der Waals surface area contributed by atoms with Crippen molar-refractivity contribution < 1.29 is 18.7 Å². The highest BCUT2D eigenvalue weighted by Crippen LogP contribution is 2.34. The third-order valence-electron chi connectivity index (χ3n) is 5.91. The lowest BCUT2D eigenvalue weighted by Crippen LogP contribution is -2.35. The fraction of sp³-hybridized carbons (Fsp3) is 0.700. The van der Waals surface area contributed by atoms with Crippen molar-refractivity contribution in [2.24, 2.45) is 5.92 Å². The number of rotatable bonds is 6. The van der Waals surface area contributed by atoms with Crippen molar-refractivity contribution in [1.82, 2.24) is 15.1 Å². The van der Waals surface area contributed by atoms with Crippen molar-refractivity contribution in [1.29, 1.82) is 0 Å². The van der Waals surface area contributed by atoms with Crippen LogP contribution in [0.1, 0.15) is 42.0 Å². The molecule has 7 nitrogen and oxygen atoms in total. The highest BCUT2D eigenvalue weighted by molar-refractivity contribution is 5.91. The standard InChI is InChI=1S/C20H29N3O4/c1-14-4-5-17(26-14)20(25)23-12-15-10-16(27-18(15)13-23)11-19(24)21-6-9-22-7-2-3-8-22/h4-5,15-16,18H,2-3,6-13H2,1H3,(H,21,24)/t15-,16+,18+/m0/s1. The minimum Gasteiger partial charge on any atom is -0.456 e. The number of nitrogens with one attached hydrogen (secondary N) is 1. The smallest absolute Gasteiger partial charge is 0.289 e. The molecule has 0 bridgehead atoms. The number of amides is 2. The first-order chi connectivity index (χ1) is 13.1. The van der Waals surface area contributed by atoms with Crippen molar-refractivity contribution in [2.45, 2.75) is 44.8 Å². The average Bonchev–Trinajstić information content (AvgIpc) is 3.38. The van der Waals surface area contributed by atoms with Crippen LogP contribution in [0.25, 0.3) is 0 Å². The third-order valence-corrected chi connectivity index (χ3v) is 5.91. The predicted octanol–water partition coefficient (Wildman–Crippen LogP) is 1.42. The van der Waals surface area contributed by atoms with Gasteiger partial charge in [-0.05, 0) is 51.4 Å². The lowest BCUT2D eigenvalue weighted by atomic mass is 10.0. The molecular formula is C20H29N3O4. The molecule has 0 radical (unpaired) electrons. The summed E-state index contributed by atoms with van der Waals surface area (Å²) < 4.78 is 11.5. The predicted molar refractivity (Wildman–Crippen MR) is 99.4 cm³/mol. The number of fused-ring (bicyclic) bond motifs is 1. The molecule has 0 saturated carbocycles. The molecule has 1 aromatic rings. The molecule has 1 N–H and O–H groups in total. The zero-order valence-electron chi connectivity index (χ0n) is 16.0. The fourth-order valence-corrected chi connectivity index (χ4v) is 4.50. The Morgan fingerprint density at radius 3 is 2.74 bits per heavy atom. The second-order valence-electron chi connectivity index (χ2n) is 8.02. The summed E-state index contributed by atoms with van der Waals surface area (Å²) in [7, 11) is 0. The maximum Gasteiger partial charge on any atom is 0.289 e. The van der Waals surface area contributed by atoms with Gasteiger partial charge in [0, 0.05) is 32.1 Å². The SMILES string of the molecule is Cc1ccc(C(=O)N2C[C@@H]3C[C@H](CC(=O)NCCN4CCCC4)O[C@@H]3C2)o1. The molecule has 27 heavy (non-hydrogen) atoms. The van der Waals surface area contributed by atoms with Gasteiger partial charge in [-0.2, -0.15) is 0 Å². The summed E-state index contributed by atoms with van der Waals surface area (Å²) in [6, 6.07) is 3.53. The van der Waals surface area contributed by atoms with Gasteiger partial charge in [0.05, 0.1) is 18.6 Å². The highest BCUT2D eigenvalue weighted by atomic mass is 16.5. The number of carbonyl (C=O) groups is 2. The number of likely N-dealkylation sites (tertiary alicyclic amines) is 2. The van der Waals surface area contributed by atoms with Gasteiger partial charge in [0.15, 0.2) is 5.76 Å². The molecule has 148 valence electrons. The quantitative estimate of drug-likeness (QED) is 0.814. The van der Waals surface area contributed by atoms with E-state index >= 15 is 0 Å². The highest BCUT2D eigenvalue weighted by Gasteiger charge is 2.44. The second kappa shape index (κ2) is 8.02. The van der Waals surface area contributed by atoms with E-state index in [9.17, 15) is 9.59 Å². The Kier molecular flexibility index (Phi) is 5.50. The summed E-state index contributed by atoms with van der Waals surface area (Å²) in [6.45, 7) is 7.04. The lowest BCUT2D eigenvalue weighted by Gasteiger charge is -2.19. The molecule has 4 rings (SSSR count). The number of nitrogens with zero attached hydrogens (tertiary/aromatic N) is 2. The Balaban J connectivity index is 1.18. The Morgan fingerprint density at radius 2 is 2.04 bits per heavy atom. The van der Waals surface area contributed by atoms with Gasteiger partial charge in [-0.1, -0.05) is 0 Å². The van der Waals surface area contributed by atoms with E-state index in [0.717, 1.165) is 31.8 Å². The van der Waals surface area contributed by atoms with Crippen LogP contribution in [0.5, 0.6) is 0 Å². The number of ether oxygens (including phenoxy) is 1. The van der Waals surface area contributed by atoms with E-state index < -0.39 is 0 Å². The van der Waals surface area contributed by atoms with Crippen molar-refractivity contribution in [3.8, 4) is 0 Å². The zero-order valence-corrected chi connectivity index (χ0v) is 16.0. The Hall–Kier alpha value is -1.86. The topological polar surface area (TPSA) is 75.0 Å². The number of furan rings is 1. The third kappa shape index (κ3) is 4.35. The molecular weight excluding hydrogens is 346 g/mol. The maximum atomic E-state index is 12.5. The Labute approximate surface area is 160 Å². The van der Waals surface area contributed by atoms with Crippen molar-refractivity contribution >= 4 is 11.8 Å². The summed E-state index contributed by atoms with van der Waals surface area (Å²) in [4.78, 5) is 28.8. The van der Waals surface area contributed by atoms with Crippen LogP contribution in [-0.2, 0) is 9.53 Å². The molecule has 2 amide bonds. The molecule has 3 aliphatic heterocycles. The Morgan fingerprint density at radius 1 is 1.22 bits per heavy atom. The molecule has 0 aliphatic carbocycles. The first kappa shape index (κ1) is 18.5. The van der Waals surface area contributed by atoms with Crippen LogP contribution in [0.3, 0.4) is 0 Å². The summed E-state index contributed by atoms with van der Waals surface area (Å²) in [5, 5.41) is 3.02. The van der Waals surface area contributed by atoms with Gasteiger partial charge in [0.25, 0.3) is 5.91 Å².